The lowest BCUT2D eigenvalue weighted by atomic mass is 9.73. The Morgan fingerprint density at radius 2 is 1.83 bits per heavy atom. The van der Waals surface area contributed by atoms with E-state index in [9.17, 15) is 4.79 Å². The van der Waals surface area contributed by atoms with Gasteiger partial charge < -0.3 is 15.0 Å². The summed E-state index contributed by atoms with van der Waals surface area (Å²) in [4.78, 5) is 15.7. The number of anilines is 1. The first-order valence-corrected chi connectivity index (χ1v) is 10.9. The zero-order valence-corrected chi connectivity index (χ0v) is 17.4. The van der Waals surface area contributed by atoms with E-state index in [1.165, 1.54) is 18.5 Å². The Labute approximate surface area is 174 Å². The fourth-order valence-corrected chi connectivity index (χ4v) is 4.72. The van der Waals surface area contributed by atoms with E-state index in [1.54, 1.807) is 0 Å². The molecular weight excluding hydrogens is 360 g/mol. The molecule has 4 heteroatoms. The van der Waals surface area contributed by atoms with Crippen molar-refractivity contribution in [3.63, 3.8) is 0 Å². The van der Waals surface area contributed by atoms with Crippen LogP contribution in [0.25, 0.3) is 0 Å². The Morgan fingerprint density at radius 1 is 1.10 bits per heavy atom. The highest BCUT2D eigenvalue weighted by atomic mass is 16.5. The van der Waals surface area contributed by atoms with Crippen molar-refractivity contribution in [1.29, 1.82) is 0 Å². The van der Waals surface area contributed by atoms with Crippen LogP contribution in [0.1, 0.15) is 43.7 Å². The monoisotopic (exact) mass is 392 g/mol. The van der Waals surface area contributed by atoms with Crippen molar-refractivity contribution in [2.24, 2.45) is 5.92 Å². The van der Waals surface area contributed by atoms with E-state index in [0.717, 1.165) is 43.0 Å². The Hall–Kier alpha value is -2.33. The van der Waals surface area contributed by atoms with Crippen molar-refractivity contribution in [3.05, 3.63) is 65.7 Å². The van der Waals surface area contributed by atoms with Crippen molar-refractivity contribution >= 4 is 11.6 Å². The molecule has 2 aliphatic heterocycles. The SMILES string of the molecule is CC1CCCN(c2ccc(CNC(=O)C3(c4ccccc4)CCOCC3)cc2)C1. The molecule has 0 aromatic heterocycles. The van der Waals surface area contributed by atoms with Gasteiger partial charge in [0.2, 0.25) is 5.91 Å². The van der Waals surface area contributed by atoms with Gasteiger partial charge in [0.1, 0.15) is 0 Å². The van der Waals surface area contributed by atoms with Crippen LogP contribution < -0.4 is 10.2 Å². The Morgan fingerprint density at radius 3 is 2.52 bits per heavy atom. The van der Waals surface area contributed by atoms with Gasteiger partial charge >= 0.3 is 0 Å². The summed E-state index contributed by atoms with van der Waals surface area (Å²) < 4.78 is 5.55. The zero-order valence-electron chi connectivity index (χ0n) is 17.4. The predicted molar refractivity (Wildman–Crippen MR) is 117 cm³/mol. The molecule has 2 aliphatic rings. The Kier molecular flexibility index (Phi) is 6.19. The van der Waals surface area contributed by atoms with Gasteiger partial charge in [-0.2, -0.15) is 0 Å². The van der Waals surface area contributed by atoms with Crippen molar-refractivity contribution in [1.82, 2.24) is 5.32 Å². The first-order valence-electron chi connectivity index (χ1n) is 10.9. The second-order valence-corrected chi connectivity index (χ2v) is 8.60. The van der Waals surface area contributed by atoms with E-state index in [0.29, 0.717) is 19.8 Å². The molecule has 29 heavy (non-hydrogen) atoms. The fraction of sp³-hybridized carbons (Fsp3) is 0.480. The lowest BCUT2D eigenvalue weighted by molar-refractivity contribution is -0.130. The first kappa shape index (κ1) is 20.0. The van der Waals surface area contributed by atoms with Crippen LogP contribution in [0.3, 0.4) is 0 Å². The first-order chi connectivity index (χ1) is 14.2. The van der Waals surface area contributed by atoms with E-state index >= 15 is 0 Å². The molecule has 0 spiro atoms. The van der Waals surface area contributed by atoms with Gasteiger partial charge in [0.05, 0.1) is 5.41 Å². The molecule has 1 unspecified atom stereocenters. The molecule has 2 aromatic carbocycles. The van der Waals surface area contributed by atoms with Crippen LogP contribution in [0.15, 0.2) is 54.6 Å². The van der Waals surface area contributed by atoms with Crippen LogP contribution in [-0.4, -0.2) is 32.2 Å². The summed E-state index contributed by atoms with van der Waals surface area (Å²) in [5, 5.41) is 3.21. The average molecular weight is 393 g/mol. The number of nitrogens with one attached hydrogen (secondary N) is 1. The van der Waals surface area contributed by atoms with Gasteiger partial charge in [0.15, 0.2) is 0 Å². The summed E-state index contributed by atoms with van der Waals surface area (Å²) in [5.74, 6) is 0.872. The van der Waals surface area contributed by atoms with Crippen molar-refractivity contribution in [3.8, 4) is 0 Å². The van der Waals surface area contributed by atoms with Gasteiger partial charge in [-0.1, -0.05) is 49.4 Å². The average Bonchev–Trinajstić information content (AvgIpc) is 2.79. The normalized spacial score (nSPS) is 21.6. The molecule has 0 saturated carbocycles. The molecule has 4 nitrogen and oxygen atoms in total. The minimum atomic E-state index is -0.483. The van der Waals surface area contributed by atoms with E-state index < -0.39 is 5.41 Å². The maximum Gasteiger partial charge on any atom is 0.231 e. The van der Waals surface area contributed by atoms with Crippen LogP contribution in [0.4, 0.5) is 5.69 Å². The molecule has 154 valence electrons. The van der Waals surface area contributed by atoms with Gasteiger partial charge in [-0.05, 0) is 54.9 Å². The third-order valence-electron chi connectivity index (χ3n) is 6.52. The largest absolute Gasteiger partial charge is 0.381 e. The lowest BCUT2D eigenvalue weighted by Crippen LogP contribution is -2.47. The molecule has 1 N–H and O–H groups in total. The third-order valence-corrected chi connectivity index (χ3v) is 6.52. The van der Waals surface area contributed by atoms with Crippen LogP contribution in [0, 0.1) is 5.92 Å². The fourth-order valence-electron chi connectivity index (χ4n) is 4.72. The molecule has 2 aromatic rings. The second-order valence-electron chi connectivity index (χ2n) is 8.60. The van der Waals surface area contributed by atoms with Crippen LogP contribution in [-0.2, 0) is 21.5 Å². The number of piperidine rings is 1. The second kappa shape index (κ2) is 9.00. The molecule has 0 aliphatic carbocycles. The number of carbonyl (C=O) groups is 1. The maximum atomic E-state index is 13.3. The van der Waals surface area contributed by atoms with Gasteiger partial charge in [-0.15, -0.1) is 0 Å². The molecule has 1 amide bonds. The van der Waals surface area contributed by atoms with Crippen LogP contribution >= 0.6 is 0 Å². The molecule has 0 radical (unpaired) electrons. The minimum absolute atomic E-state index is 0.112. The molecule has 2 saturated heterocycles. The maximum absolute atomic E-state index is 13.3. The zero-order chi connectivity index (χ0) is 20.1. The minimum Gasteiger partial charge on any atom is -0.381 e. The van der Waals surface area contributed by atoms with Gasteiger partial charge in [0.25, 0.3) is 0 Å². The van der Waals surface area contributed by atoms with Crippen molar-refractivity contribution in [2.45, 2.75) is 44.6 Å². The van der Waals surface area contributed by atoms with Crippen LogP contribution in [0.2, 0.25) is 0 Å². The summed E-state index contributed by atoms with van der Waals surface area (Å²) in [6.07, 6.45) is 4.06. The summed E-state index contributed by atoms with van der Waals surface area (Å²) in [6, 6.07) is 18.8. The summed E-state index contributed by atoms with van der Waals surface area (Å²) >= 11 is 0. The van der Waals surface area contributed by atoms with E-state index in [4.69, 9.17) is 4.74 Å². The number of benzene rings is 2. The number of nitrogens with zero attached hydrogens (tertiary/aromatic N) is 1. The van der Waals surface area contributed by atoms with E-state index in [2.05, 4.69) is 53.5 Å². The lowest BCUT2D eigenvalue weighted by Gasteiger charge is -2.36. The highest BCUT2D eigenvalue weighted by Crippen LogP contribution is 2.35. The van der Waals surface area contributed by atoms with Crippen LogP contribution in [0.5, 0.6) is 0 Å². The molecule has 2 heterocycles. The summed E-state index contributed by atoms with van der Waals surface area (Å²) in [6.45, 7) is 6.43. The van der Waals surface area contributed by atoms with E-state index in [1.807, 2.05) is 18.2 Å². The quantitative estimate of drug-likeness (QED) is 0.825. The smallest absolute Gasteiger partial charge is 0.231 e. The topological polar surface area (TPSA) is 41.6 Å². The van der Waals surface area contributed by atoms with Gasteiger partial charge in [-0.3, -0.25) is 4.79 Å². The third kappa shape index (κ3) is 4.48. The molecule has 1 atom stereocenters. The number of amides is 1. The molecule has 2 fully saturated rings. The van der Waals surface area contributed by atoms with E-state index in [-0.39, 0.29) is 5.91 Å². The summed E-state index contributed by atoms with van der Waals surface area (Å²) in [5.41, 5.74) is 3.04. The Balaban J connectivity index is 1.41. The number of hydrogen-bond acceptors (Lipinski definition) is 3. The predicted octanol–water partition coefficient (Wildman–Crippen LogP) is 4.29. The number of hydrogen-bond donors (Lipinski definition) is 1. The van der Waals surface area contributed by atoms with Crippen molar-refractivity contribution < 1.29 is 9.53 Å². The number of rotatable bonds is 5. The molecule has 4 rings (SSSR count). The van der Waals surface area contributed by atoms with Gasteiger partial charge in [-0.25, -0.2) is 0 Å². The highest BCUT2D eigenvalue weighted by Gasteiger charge is 2.41. The standard InChI is InChI=1S/C25H32N2O2/c1-20-6-5-15-27(19-20)23-11-9-21(10-12-23)18-26-24(28)25(13-16-29-17-14-25)22-7-3-2-4-8-22/h2-4,7-12,20H,5-6,13-19H2,1H3,(H,26,28). The summed E-state index contributed by atoms with van der Waals surface area (Å²) in [7, 11) is 0. The number of carbonyl (C=O) groups excluding carboxylic acids is 1. The molecule has 0 bridgehead atoms. The van der Waals surface area contributed by atoms with Crippen molar-refractivity contribution in [2.75, 3.05) is 31.2 Å². The highest BCUT2D eigenvalue weighted by molar-refractivity contribution is 5.88. The Bertz CT molecular complexity index is 797. The number of ether oxygens (including phenoxy) is 1. The molecular formula is C25H32N2O2. The van der Waals surface area contributed by atoms with Gasteiger partial charge in [0, 0.05) is 38.5 Å².